The molecular formula is C12H19F3N2O. The minimum absolute atomic E-state index is 0.354. The summed E-state index contributed by atoms with van der Waals surface area (Å²) < 4.78 is 36.9. The van der Waals surface area contributed by atoms with E-state index in [4.69, 9.17) is 5.73 Å². The van der Waals surface area contributed by atoms with Crippen LogP contribution in [0, 0.1) is 11.8 Å². The van der Waals surface area contributed by atoms with Gasteiger partial charge in [0.2, 0.25) is 5.91 Å². The Bertz CT molecular complexity index is 328. The number of nitrogens with one attached hydrogen (secondary N) is 1. The molecule has 2 saturated carbocycles. The van der Waals surface area contributed by atoms with Gasteiger partial charge in [-0.05, 0) is 37.5 Å². The van der Waals surface area contributed by atoms with Crippen molar-refractivity contribution in [1.29, 1.82) is 0 Å². The van der Waals surface area contributed by atoms with Gasteiger partial charge >= 0.3 is 6.18 Å². The van der Waals surface area contributed by atoms with Crippen LogP contribution in [0.25, 0.3) is 0 Å². The molecule has 18 heavy (non-hydrogen) atoms. The van der Waals surface area contributed by atoms with Crippen LogP contribution in [-0.2, 0) is 4.79 Å². The van der Waals surface area contributed by atoms with E-state index in [0.29, 0.717) is 24.7 Å². The van der Waals surface area contributed by atoms with E-state index in [1.54, 1.807) is 0 Å². The Kier molecular flexibility index (Phi) is 3.58. The summed E-state index contributed by atoms with van der Waals surface area (Å²) in [6, 6.07) is 0. The van der Waals surface area contributed by atoms with Crippen molar-refractivity contribution in [2.45, 2.75) is 50.2 Å². The van der Waals surface area contributed by atoms with E-state index < -0.39 is 24.2 Å². The lowest BCUT2D eigenvalue weighted by Gasteiger charge is -2.39. The molecule has 0 aromatic heterocycles. The molecule has 0 spiro atoms. The zero-order valence-corrected chi connectivity index (χ0v) is 10.2. The summed E-state index contributed by atoms with van der Waals surface area (Å²) in [6.07, 6.45) is 0.625. The monoisotopic (exact) mass is 264 g/mol. The van der Waals surface area contributed by atoms with Crippen molar-refractivity contribution in [1.82, 2.24) is 5.32 Å². The van der Waals surface area contributed by atoms with Crippen molar-refractivity contribution in [3.63, 3.8) is 0 Å². The van der Waals surface area contributed by atoms with Crippen LogP contribution in [0.4, 0.5) is 13.2 Å². The number of hydrogen-bond acceptors (Lipinski definition) is 2. The van der Waals surface area contributed by atoms with Gasteiger partial charge in [-0.25, -0.2) is 0 Å². The highest BCUT2D eigenvalue weighted by atomic mass is 19.4. The van der Waals surface area contributed by atoms with E-state index in [0.717, 1.165) is 25.7 Å². The van der Waals surface area contributed by atoms with Crippen LogP contribution in [-0.4, -0.2) is 24.2 Å². The molecule has 0 saturated heterocycles. The van der Waals surface area contributed by atoms with E-state index in [-0.39, 0.29) is 0 Å². The maximum absolute atomic E-state index is 12.3. The van der Waals surface area contributed by atoms with Crippen molar-refractivity contribution in [3.8, 4) is 0 Å². The lowest BCUT2D eigenvalue weighted by atomic mass is 9.73. The fraction of sp³-hybridized carbons (Fsp3) is 0.917. The molecule has 2 aliphatic carbocycles. The highest BCUT2D eigenvalue weighted by Gasteiger charge is 2.46. The second-order valence-corrected chi connectivity index (χ2v) is 5.61. The van der Waals surface area contributed by atoms with Crippen LogP contribution in [0.1, 0.15) is 38.5 Å². The Labute approximate surface area is 104 Å². The van der Waals surface area contributed by atoms with E-state index >= 15 is 0 Å². The second-order valence-electron chi connectivity index (χ2n) is 5.61. The summed E-state index contributed by atoms with van der Waals surface area (Å²) in [7, 11) is 0. The number of alkyl halides is 3. The van der Waals surface area contributed by atoms with Gasteiger partial charge in [-0.2, -0.15) is 13.2 Å². The topological polar surface area (TPSA) is 55.1 Å². The maximum Gasteiger partial charge on any atom is 0.401 e. The zero-order valence-electron chi connectivity index (χ0n) is 10.2. The van der Waals surface area contributed by atoms with Crippen LogP contribution in [0.3, 0.4) is 0 Å². The van der Waals surface area contributed by atoms with Gasteiger partial charge in [0.25, 0.3) is 0 Å². The Morgan fingerprint density at radius 3 is 2.44 bits per heavy atom. The molecule has 0 radical (unpaired) electrons. The van der Waals surface area contributed by atoms with Crippen LogP contribution in [0.2, 0.25) is 0 Å². The number of carbonyl (C=O) groups excluding carboxylic acids is 1. The van der Waals surface area contributed by atoms with Crippen LogP contribution < -0.4 is 11.1 Å². The molecule has 3 N–H and O–H groups in total. The largest absolute Gasteiger partial charge is 0.401 e. The average molecular weight is 264 g/mol. The van der Waals surface area contributed by atoms with Gasteiger partial charge in [-0.1, -0.05) is 12.8 Å². The minimum atomic E-state index is -4.31. The first-order chi connectivity index (χ1) is 8.32. The molecule has 0 aromatic carbocycles. The summed E-state index contributed by atoms with van der Waals surface area (Å²) in [4.78, 5) is 11.6. The predicted octanol–water partition coefficient (Wildman–Crippen LogP) is 1.96. The molecule has 104 valence electrons. The summed E-state index contributed by atoms with van der Waals surface area (Å²) in [5.74, 6) is 0.306. The molecule has 2 rings (SSSR count). The Morgan fingerprint density at radius 2 is 1.94 bits per heavy atom. The molecule has 2 aliphatic rings. The van der Waals surface area contributed by atoms with E-state index in [9.17, 15) is 18.0 Å². The van der Waals surface area contributed by atoms with Crippen LogP contribution >= 0.6 is 0 Å². The summed E-state index contributed by atoms with van der Waals surface area (Å²) in [5.41, 5.74) is 4.19. The fourth-order valence-electron chi connectivity index (χ4n) is 3.03. The van der Waals surface area contributed by atoms with E-state index in [2.05, 4.69) is 5.32 Å². The van der Waals surface area contributed by atoms with Gasteiger partial charge in [-0.3, -0.25) is 10.1 Å². The van der Waals surface area contributed by atoms with Gasteiger partial charge in [-0.15, -0.1) is 0 Å². The summed E-state index contributed by atoms with van der Waals surface area (Å²) in [5, 5.41) is 2.39. The van der Waals surface area contributed by atoms with Gasteiger partial charge < -0.3 is 5.73 Å². The molecule has 0 aromatic rings. The Hall–Kier alpha value is -0.780. The normalized spacial score (nSPS) is 33.4. The quantitative estimate of drug-likeness (QED) is 0.815. The summed E-state index contributed by atoms with van der Waals surface area (Å²) >= 11 is 0. The molecular weight excluding hydrogens is 245 g/mol. The molecule has 6 heteroatoms. The summed E-state index contributed by atoms with van der Waals surface area (Å²) in [6.45, 7) is -1.15. The van der Waals surface area contributed by atoms with Gasteiger partial charge in [0.1, 0.15) is 0 Å². The number of carbonyl (C=O) groups is 1. The van der Waals surface area contributed by atoms with Crippen molar-refractivity contribution in [2.75, 3.05) is 6.54 Å². The molecule has 0 bridgehead atoms. The number of hydrogen-bond donors (Lipinski definition) is 2. The first-order valence-electron chi connectivity index (χ1n) is 6.44. The van der Waals surface area contributed by atoms with Crippen molar-refractivity contribution in [2.24, 2.45) is 17.6 Å². The lowest BCUT2D eigenvalue weighted by molar-refractivity contribution is -0.138. The third-order valence-corrected chi connectivity index (χ3v) is 4.18. The molecule has 0 heterocycles. The molecule has 2 atom stereocenters. The molecule has 3 nitrogen and oxygen atoms in total. The standard InChI is InChI=1S/C12H19F3N2O/c13-12(14,15)7-17-11(10(16)18)5-1-2-9(6-11)8-3-4-8/h8-9,17H,1-7H2,(H2,16,18). The van der Waals surface area contributed by atoms with Crippen molar-refractivity contribution in [3.05, 3.63) is 0 Å². The number of nitrogens with two attached hydrogens (primary N) is 1. The fourth-order valence-corrected chi connectivity index (χ4v) is 3.03. The lowest BCUT2D eigenvalue weighted by Crippen LogP contribution is -2.59. The van der Waals surface area contributed by atoms with E-state index in [1.807, 2.05) is 0 Å². The number of rotatable bonds is 4. The minimum Gasteiger partial charge on any atom is -0.368 e. The smallest absolute Gasteiger partial charge is 0.368 e. The Morgan fingerprint density at radius 1 is 1.28 bits per heavy atom. The molecule has 1 amide bonds. The maximum atomic E-state index is 12.3. The average Bonchev–Trinajstić information content (AvgIpc) is 3.09. The third-order valence-electron chi connectivity index (χ3n) is 4.18. The number of primary amides is 1. The highest BCUT2D eigenvalue weighted by molar-refractivity contribution is 5.84. The molecule has 0 aliphatic heterocycles. The molecule has 2 fully saturated rings. The number of halogens is 3. The van der Waals surface area contributed by atoms with Crippen molar-refractivity contribution < 1.29 is 18.0 Å². The first-order valence-corrected chi connectivity index (χ1v) is 6.44. The zero-order chi connectivity index (χ0) is 13.4. The van der Waals surface area contributed by atoms with Gasteiger partial charge in [0.15, 0.2) is 0 Å². The van der Waals surface area contributed by atoms with Crippen molar-refractivity contribution >= 4 is 5.91 Å². The van der Waals surface area contributed by atoms with Crippen LogP contribution in [0.15, 0.2) is 0 Å². The van der Waals surface area contributed by atoms with E-state index in [1.165, 1.54) is 0 Å². The SMILES string of the molecule is NC(=O)C1(NCC(F)(F)F)CCCC(C2CC2)C1. The second kappa shape index (κ2) is 4.72. The van der Waals surface area contributed by atoms with Gasteiger partial charge in [0, 0.05) is 0 Å². The Balaban J connectivity index is 2.03. The predicted molar refractivity (Wildman–Crippen MR) is 60.7 cm³/mol. The first kappa shape index (κ1) is 13.6. The third kappa shape index (κ3) is 3.16. The molecule has 2 unspecified atom stereocenters. The highest BCUT2D eigenvalue weighted by Crippen LogP contribution is 2.46. The van der Waals surface area contributed by atoms with Crippen LogP contribution in [0.5, 0.6) is 0 Å². The van der Waals surface area contributed by atoms with Gasteiger partial charge in [0.05, 0.1) is 12.1 Å². The number of amides is 1.